The summed E-state index contributed by atoms with van der Waals surface area (Å²) in [6.07, 6.45) is 2.80. The minimum absolute atomic E-state index is 0.0160. The van der Waals surface area contributed by atoms with Gasteiger partial charge in [0, 0.05) is 51.9 Å². The first-order valence-corrected chi connectivity index (χ1v) is 11.7. The molecule has 1 atom stereocenters. The van der Waals surface area contributed by atoms with Gasteiger partial charge in [-0.25, -0.2) is 0 Å². The largest absolute Gasteiger partial charge is 0.483 e. The van der Waals surface area contributed by atoms with Crippen molar-refractivity contribution in [2.24, 2.45) is 0 Å². The average molecular weight is 477 g/mol. The fraction of sp³-hybridized carbons (Fsp3) is 0.818. The number of carbonyl (C=O) groups excluding carboxylic acids is 1. The van der Waals surface area contributed by atoms with Gasteiger partial charge < -0.3 is 20.1 Å². The van der Waals surface area contributed by atoms with Crippen molar-refractivity contribution in [1.29, 1.82) is 0 Å². The third kappa shape index (κ3) is 17.1. The van der Waals surface area contributed by atoms with Gasteiger partial charge in [-0.3, -0.25) is 34.0 Å². The summed E-state index contributed by atoms with van der Waals surface area (Å²) < 4.78 is 0. The maximum atomic E-state index is 11.3. The topological polar surface area (TPSA) is 142 Å². The van der Waals surface area contributed by atoms with Crippen molar-refractivity contribution in [3.8, 4) is 0 Å². The van der Waals surface area contributed by atoms with Crippen LogP contribution in [0.25, 0.3) is 0 Å². The average Bonchev–Trinajstić information content (AvgIpc) is 2.76. The second-order valence-electron chi connectivity index (χ2n) is 7.44. The maximum Gasteiger partial charge on any atom is 0.317 e. The van der Waals surface area contributed by atoms with Crippen molar-refractivity contribution < 1.29 is 34.5 Å². The van der Waals surface area contributed by atoms with Gasteiger partial charge >= 0.3 is 11.9 Å². The summed E-state index contributed by atoms with van der Waals surface area (Å²) in [7, 11) is 0. The van der Waals surface area contributed by atoms with Crippen LogP contribution >= 0.6 is 0 Å². The van der Waals surface area contributed by atoms with Crippen LogP contribution in [-0.2, 0) is 19.2 Å². The lowest BCUT2D eigenvalue weighted by atomic mass is 10.1. The predicted octanol–water partition coefficient (Wildman–Crippen LogP) is 0.492. The Hall–Kier alpha value is -2.08. The molecule has 1 unspecified atom stereocenters. The third-order valence-corrected chi connectivity index (χ3v) is 5.23. The molecule has 0 aliphatic carbocycles. The molecule has 1 aliphatic heterocycles. The van der Waals surface area contributed by atoms with Gasteiger partial charge in [-0.05, 0) is 13.0 Å². The highest BCUT2D eigenvalue weighted by atomic mass is 16.4. The zero-order chi connectivity index (χ0) is 25.6. The Morgan fingerprint density at radius 2 is 1.30 bits per heavy atom. The van der Waals surface area contributed by atoms with E-state index >= 15 is 0 Å². The Labute approximate surface area is 197 Å². The number of hydrogen-bond donors (Lipinski definition) is 3. The molecular formula is C22H44N4O7. The van der Waals surface area contributed by atoms with Crippen molar-refractivity contribution in [1.82, 2.24) is 19.6 Å². The van der Waals surface area contributed by atoms with Gasteiger partial charge in [0.15, 0.2) is 0 Å². The van der Waals surface area contributed by atoms with E-state index in [0.29, 0.717) is 39.3 Å². The molecule has 1 rings (SSSR count). The lowest BCUT2D eigenvalue weighted by Gasteiger charge is -2.37. The van der Waals surface area contributed by atoms with Gasteiger partial charge in [0.25, 0.3) is 6.47 Å². The molecule has 33 heavy (non-hydrogen) atoms. The molecule has 11 heteroatoms. The van der Waals surface area contributed by atoms with E-state index in [1.807, 2.05) is 28.5 Å². The van der Waals surface area contributed by atoms with Crippen molar-refractivity contribution in [2.45, 2.75) is 46.6 Å². The van der Waals surface area contributed by atoms with E-state index in [2.05, 4.69) is 18.7 Å². The standard InChI is InChI=1S/C19H36N4O5.C2H6.CH2O2/c1-3-5-17-14-22(16-19(27)28)9-7-20(12-13-24)6-8-21(15-18(25)26)10-11-23(17)4-2;1-2;2-1-3/h13,17H,3-12,14-16H2,1-2H3,(H,25,26)(H,27,28);1-2H3;1H,(H,2,3). The normalized spacial score (nSPS) is 19.5. The van der Waals surface area contributed by atoms with Crippen LogP contribution in [0.2, 0.25) is 0 Å². The minimum Gasteiger partial charge on any atom is -0.483 e. The molecule has 0 spiro atoms. The number of aliphatic carboxylic acids is 2. The molecule has 1 fully saturated rings. The summed E-state index contributed by atoms with van der Waals surface area (Å²) in [6, 6.07) is 0.222. The Bertz CT molecular complexity index is 537. The first-order valence-electron chi connectivity index (χ1n) is 11.7. The number of likely N-dealkylation sites (N-methyl/N-ethyl adjacent to an activating group) is 1. The maximum absolute atomic E-state index is 11.3. The fourth-order valence-corrected chi connectivity index (χ4v) is 3.74. The van der Waals surface area contributed by atoms with Crippen molar-refractivity contribution in [3.05, 3.63) is 0 Å². The van der Waals surface area contributed by atoms with E-state index in [0.717, 1.165) is 32.2 Å². The summed E-state index contributed by atoms with van der Waals surface area (Å²) in [6.45, 7) is 13.3. The first kappa shape index (κ1) is 33.1. The van der Waals surface area contributed by atoms with Crippen LogP contribution in [0.1, 0.15) is 40.5 Å². The lowest BCUT2D eigenvalue weighted by molar-refractivity contribution is -0.139. The molecule has 0 amide bonds. The Kier molecular flexibility index (Phi) is 21.8. The molecule has 1 aliphatic rings. The van der Waals surface area contributed by atoms with Gasteiger partial charge in [-0.15, -0.1) is 0 Å². The smallest absolute Gasteiger partial charge is 0.317 e. The Morgan fingerprint density at radius 3 is 1.76 bits per heavy atom. The van der Waals surface area contributed by atoms with E-state index in [-0.39, 0.29) is 32.1 Å². The number of carboxylic acid groups (broad SMARTS) is 3. The highest BCUT2D eigenvalue weighted by molar-refractivity contribution is 5.69. The molecule has 0 bridgehead atoms. The third-order valence-electron chi connectivity index (χ3n) is 5.23. The molecule has 11 nitrogen and oxygen atoms in total. The Morgan fingerprint density at radius 1 is 0.848 bits per heavy atom. The van der Waals surface area contributed by atoms with Crippen LogP contribution < -0.4 is 0 Å². The van der Waals surface area contributed by atoms with E-state index in [9.17, 15) is 24.6 Å². The summed E-state index contributed by atoms with van der Waals surface area (Å²) in [5.41, 5.74) is 0. The number of carboxylic acids is 2. The summed E-state index contributed by atoms with van der Waals surface area (Å²) in [5, 5.41) is 25.4. The SMILES string of the molecule is CC.CCCC1CN(CC(=O)O)CCN(CC=O)CCN(CC(=O)O)CCN1CC.O=CO. The minimum atomic E-state index is -0.852. The molecule has 0 aromatic carbocycles. The van der Waals surface area contributed by atoms with Gasteiger partial charge in [0.05, 0.1) is 19.6 Å². The van der Waals surface area contributed by atoms with E-state index in [1.54, 1.807) is 0 Å². The summed E-state index contributed by atoms with van der Waals surface area (Å²) in [5.74, 6) is -1.70. The predicted molar refractivity (Wildman–Crippen MR) is 127 cm³/mol. The van der Waals surface area contributed by atoms with E-state index in [4.69, 9.17) is 9.90 Å². The molecule has 3 N–H and O–H groups in total. The van der Waals surface area contributed by atoms with Gasteiger partial charge in [0.1, 0.15) is 6.29 Å². The molecule has 1 heterocycles. The monoisotopic (exact) mass is 476 g/mol. The number of nitrogens with zero attached hydrogens (tertiary/aromatic N) is 4. The number of carbonyl (C=O) groups is 4. The van der Waals surface area contributed by atoms with Crippen LogP contribution in [0.4, 0.5) is 0 Å². The van der Waals surface area contributed by atoms with Gasteiger partial charge in [-0.2, -0.15) is 0 Å². The molecule has 1 saturated heterocycles. The van der Waals surface area contributed by atoms with Crippen LogP contribution in [0.15, 0.2) is 0 Å². The second kappa shape index (κ2) is 21.7. The Balaban J connectivity index is 0. The second-order valence-corrected chi connectivity index (χ2v) is 7.44. The molecule has 0 aromatic rings. The first-order chi connectivity index (χ1) is 15.8. The van der Waals surface area contributed by atoms with Crippen LogP contribution in [0.3, 0.4) is 0 Å². The lowest BCUT2D eigenvalue weighted by Crippen LogP contribution is -2.51. The summed E-state index contributed by atoms with van der Waals surface area (Å²) >= 11 is 0. The molecule has 0 radical (unpaired) electrons. The van der Waals surface area contributed by atoms with Crippen LogP contribution in [-0.4, -0.2) is 138 Å². The number of hydrogen-bond acceptors (Lipinski definition) is 8. The quantitative estimate of drug-likeness (QED) is 0.400. The molecule has 0 saturated carbocycles. The summed E-state index contributed by atoms with van der Waals surface area (Å²) in [4.78, 5) is 50.1. The highest BCUT2D eigenvalue weighted by Crippen LogP contribution is 2.11. The van der Waals surface area contributed by atoms with Crippen LogP contribution in [0.5, 0.6) is 0 Å². The van der Waals surface area contributed by atoms with Crippen molar-refractivity contribution in [3.63, 3.8) is 0 Å². The molecule has 0 aromatic heterocycles. The number of aldehydes is 1. The van der Waals surface area contributed by atoms with Crippen LogP contribution in [0, 0.1) is 0 Å². The highest BCUT2D eigenvalue weighted by Gasteiger charge is 2.24. The molecule has 194 valence electrons. The van der Waals surface area contributed by atoms with Gasteiger partial charge in [0.2, 0.25) is 0 Å². The van der Waals surface area contributed by atoms with Crippen molar-refractivity contribution in [2.75, 3.05) is 72.0 Å². The zero-order valence-corrected chi connectivity index (χ0v) is 20.7. The van der Waals surface area contributed by atoms with Crippen molar-refractivity contribution >= 4 is 24.7 Å². The van der Waals surface area contributed by atoms with E-state index < -0.39 is 11.9 Å². The molecular weight excluding hydrogens is 432 g/mol. The number of rotatable bonds is 9. The van der Waals surface area contributed by atoms with E-state index in [1.165, 1.54) is 0 Å². The fourth-order valence-electron chi connectivity index (χ4n) is 3.74. The van der Waals surface area contributed by atoms with Gasteiger partial charge in [-0.1, -0.05) is 34.1 Å². The zero-order valence-electron chi connectivity index (χ0n) is 20.7.